The normalized spacial score (nSPS) is 11.4. The Labute approximate surface area is 156 Å². The molecule has 0 N–H and O–H groups in total. The Balaban J connectivity index is 1.54. The van der Waals surface area contributed by atoms with Crippen LogP contribution in [0.4, 0.5) is 0 Å². The summed E-state index contributed by atoms with van der Waals surface area (Å²) in [6.07, 6.45) is 3.84. The standard InChI is InChI=1S/C19H20N6O2/c1-13-17(18(23-27-13)15-7-5-4-6-8-15)19-22-21-16(26-19)12-24(2)10-14-9-20-25(3)11-14/h4-9,11H,10,12H2,1-3H3. The van der Waals surface area contributed by atoms with E-state index in [4.69, 9.17) is 8.94 Å². The maximum Gasteiger partial charge on any atom is 0.253 e. The average Bonchev–Trinajstić information content (AvgIpc) is 3.36. The zero-order valence-electron chi connectivity index (χ0n) is 15.5. The third-order valence-electron chi connectivity index (χ3n) is 4.21. The highest BCUT2D eigenvalue weighted by molar-refractivity contribution is 5.77. The molecule has 0 spiro atoms. The fraction of sp³-hybridized carbons (Fsp3) is 0.263. The Hall–Kier alpha value is -3.26. The molecular weight excluding hydrogens is 344 g/mol. The van der Waals surface area contributed by atoms with Crippen molar-refractivity contribution in [3.05, 3.63) is 59.9 Å². The van der Waals surface area contributed by atoms with Gasteiger partial charge in [-0.15, -0.1) is 10.2 Å². The summed E-state index contributed by atoms with van der Waals surface area (Å²) < 4.78 is 13.1. The van der Waals surface area contributed by atoms with Crippen LogP contribution in [0.3, 0.4) is 0 Å². The van der Waals surface area contributed by atoms with Crippen molar-refractivity contribution < 1.29 is 8.94 Å². The van der Waals surface area contributed by atoms with Gasteiger partial charge in [0.05, 0.1) is 12.7 Å². The van der Waals surface area contributed by atoms with Crippen molar-refractivity contribution in [2.24, 2.45) is 7.05 Å². The van der Waals surface area contributed by atoms with Crippen molar-refractivity contribution in [3.8, 4) is 22.7 Å². The van der Waals surface area contributed by atoms with Crippen LogP contribution in [0.2, 0.25) is 0 Å². The summed E-state index contributed by atoms with van der Waals surface area (Å²) in [6, 6.07) is 9.81. The first-order valence-electron chi connectivity index (χ1n) is 8.60. The Kier molecular flexibility index (Phi) is 4.55. The summed E-state index contributed by atoms with van der Waals surface area (Å²) in [5.41, 5.74) is 3.50. The van der Waals surface area contributed by atoms with Crippen LogP contribution in [0.5, 0.6) is 0 Å². The number of hydrogen-bond acceptors (Lipinski definition) is 7. The van der Waals surface area contributed by atoms with Crippen molar-refractivity contribution >= 4 is 0 Å². The van der Waals surface area contributed by atoms with E-state index in [0.29, 0.717) is 29.8 Å². The van der Waals surface area contributed by atoms with Crippen molar-refractivity contribution in [2.75, 3.05) is 7.05 Å². The number of nitrogens with zero attached hydrogens (tertiary/aromatic N) is 6. The van der Waals surface area contributed by atoms with Crippen molar-refractivity contribution in [1.82, 2.24) is 30.0 Å². The van der Waals surface area contributed by atoms with Gasteiger partial charge in [-0.2, -0.15) is 5.10 Å². The summed E-state index contributed by atoms with van der Waals surface area (Å²) in [5.74, 6) is 1.60. The molecule has 0 radical (unpaired) electrons. The molecule has 1 aromatic carbocycles. The minimum absolute atomic E-state index is 0.414. The fourth-order valence-electron chi connectivity index (χ4n) is 2.99. The molecule has 3 aromatic heterocycles. The fourth-order valence-corrected chi connectivity index (χ4v) is 2.99. The molecule has 0 saturated heterocycles. The largest absolute Gasteiger partial charge is 0.419 e. The number of benzene rings is 1. The molecule has 0 unspecified atom stereocenters. The summed E-state index contributed by atoms with van der Waals surface area (Å²) in [4.78, 5) is 2.09. The van der Waals surface area contributed by atoms with Crippen molar-refractivity contribution in [3.63, 3.8) is 0 Å². The zero-order valence-corrected chi connectivity index (χ0v) is 15.5. The van der Waals surface area contributed by atoms with E-state index < -0.39 is 0 Å². The molecule has 0 fully saturated rings. The average molecular weight is 364 g/mol. The minimum atomic E-state index is 0.414. The van der Waals surface area contributed by atoms with Crippen molar-refractivity contribution in [2.45, 2.75) is 20.0 Å². The topological polar surface area (TPSA) is 86.0 Å². The van der Waals surface area contributed by atoms with Crippen LogP contribution in [-0.4, -0.2) is 37.1 Å². The van der Waals surface area contributed by atoms with Gasteiger partial charge in [0.2, 0.25) is 5.89 Å². The van der Waals surface area contributed by atoms with E-state index in [-0.39, 0.29) is 0 Å². The second kappa shape index (κ2) is 7.16. The molecule has 0 aliphatic rings. The zero-order chi connectivity index (χ0) is 18.8. The first-order chi connectivity index (χ1) is 13.1. The lowest BCUT2D eigenvalue weighted by molar-refractivity contribution is 0.282. The molecule has 8 heteroatoms. The van der Waals surface area contributed by atoms with Crippen LogP contribution in [0.1, 0.15) is 17.2 Å². The highest BCUT2D eigenvalue weighted by Crippen LogP contribution is 2.33. The van der Waals surface area contributed by atoms with E-state index in [1.165, 1.54) is 0 Å². The number of rotatable bonds is 6. The molecule has 27 heavy (non-hydrogen) atoms. The monoisotopic (exact) mass is 364 g/mol. The molecule has 0 saturated carbocycles. The molecule has 4 aromatic rings. The molecule has 138 valence electrons. The lowest BCUT2D eigenvalue weighted by Crippen LogP contribution is -2.17. The van der Waals surface area contributed by atoms with Crippen LogP contribution in [-0.2, 0) is 20.1 Å². The maximum atomic E-state index is 5.90. The third kappa shape index (κ3) is 3.65. The second-order valence-electron chi connectivity index (χ2n) is 6.52. The van der Waals surface area contributed by atoms with E-state index >= 15 is 0 Å². The van der Waals surface area contributed by atoms with Gasteiger partial charge in [0.15, 0.2) is 0 Å². The van der Waals surface area contributed by atoms with Gasteiger partial charge in [0, 0.05) is 30.9 Å². The van der Waals surface area contributed by atoms with E-state index in [1.807, 2.05) is 63.7 Å². The molecule has 0 aliphatic heterocycles. The molecule has 0 atom stereocenters. The highest BCUT2D eigenvalue weighted by atomic mass is 16.5. The van der Waals surface area contributed by atoms with Gasteiger partial charge in [0.1, 0.15) is 17.0 Å². The maximum absolute atomic E-state index is 5.90. The molecule has 4 rings (SSSR count). The molecule has 3 heterocycles. The van der Waals surface area contributed by atoms with E-state index in [1.54, 1.807) is 4.68 Å². The molecular formula is C19H20N6O2. The van der Waals surface area contributed by atoms with Crippen LogP contribution in [0.15, 0.2) is 51.7 Å². The van der Waals surface area contributed by atoms with Crippen molar-refractivity contribution in [1.29, 1.82) is 0 Å². The molecule has 8 nitrogen and oxygen atoms in total. The van der Waals surface area contributed by atoms with Gasteiger partial charge in [-0.05, 0) is 14.0 Å². The van der Waals surface area contributed by atoms with Crippen LogP contribution in [0, 0.1) is 6.92 Å². The smallest absolute Gasteiger partial charge is 0.253 e. The number of hydrogen-bond donors (Lipinski definition) is 0. The van der Waals surface area contributed by atoms with E-state index in [9.17, 15) is 0 Å². The second-order valence-corrected chi connectivity index (χ2v) is 6.52. The van der Waals surface area contributed by atoms with Gasteiger partial charge < -0.3 is 8.94 Å². The quantitative estimate of drug-likeness (QED) is 0.520. The summed E-state index contributed by atoms with van der Waals surface area (Å²) in [5, 5.41) is 16.7. The lowest BCUT2D eigenvalue weighted by atomic mass is 10.1. The molecule has 0 bridgehead atoms. The third-order valence-corrected chi connectivity index (χ3v) is 4.21. The van der Waals surface area contributed by atoms with Gasteiger partial charge in [0.25, 0.3) is 5.89 Å². The molecule has 0 amide bonds. The minimum Gasteiger partial charge on any atom is -0.419 e. The number of aromatic nitrogens is 5. The Bertz CT molecular complexity index is 1030. The molecule has 0 aliphatic carbocycles. The number of aryl methyl sites for hydroxylation is 2. The summed E-state index contributed by atoms with van der Waals surface area (Å²) >= 11 is 0. The van der Waals surface area contributed by atoms with Crippen LogP contribution in [0.25, 0.3) is 22.7 Å². The van der Waals surface area contributed by atoms with Gasteiger partial charge in [-0.25, -0.2) is 0 Å². The van der Waals surface area contributed by atoms with E-state index in [2.05, 4.69) is 25.4 Å². The first kappa shape index (κ1) is 17.2. The van der Waals surface area contributed by atoms with Gasteiger partial charge in [-0.3, -0.25) is 9.58 Å². The van der Waals surface area contributed by atoms with Gasteiger partial charge >= 0.3 is 0 Å². The van der Waals surface area contributed by atoms with Crippen LogP contribution >= 0.6 is 0 Å². The predicted octanol–water partition coefficient (Wildman–Crippen LogP) is 3.07. The van der Waals surface area contributed by atoms with E-state index in [0.717, 1.165) is 23.2 Å². The predicted molar refractivity (Wildman–Crippen MR) is 98.3 cm³/mol. The Morgan fingerprint density at radius 2 is 1.93 bits per heavy atom. The first-order valence-corrected chi connectivity index (χ1v) is 8.60. The highest BCUT2D eigenvalue weighted by Gasteiger charge is 2.22. The lowest BCUT2D eigenvalue weighted by Gasteiger charge is -2.12. The van der Waals surface area contributed by atoms with Crippen LogP contribution < -0.4 is 0 Å². The summed E-state index contributed by atoms with van der Waals surface area (Å²) in [6.45, 7) is 3.12. The Morgan fingerprint density at radius 3 is 2.67 bits per heavy atom. The summed E-state index contributed by atoms with van der Waals surface area (Å²) in [7, 11) is 3.90. The Morgan fingerprint density at radius 1 is 1.11 bits per heavy atom. The SMILES string of the molecule is Cc1onc(-c2ccccc2)c1-c1nnc(CN(C)Cc2cnn(C)c2)o1. The van der Waals surface area contributed by atoms with Gasteiger partial charge in [-0.1, -0.05) is 35.5 Å².